The zero-order valence-corrected chi connectivity index (χ0v) is 13.1. The molecule has 1 atom stereocenters. The number of para-hydroxylation sites is 1. The van der Waals surface area contributed by atoms with Gasteiger partial charge in [-0.3, -0.25) is 9.59 Å². The number of nitrogens with one attached hydrogen (secondary N) is 1. The summed E-state index contributed by atoms with van der Waals surface area (Å²) in [6, 6.07) is 4.68. The summed E-state index contributed by atoms with van der Waals surface area (Å²) in [5, 5.41) is 2.45. The zero-order chi connectivity index (χ0) is 17.6. The van der Waals surface area contributed by atoms with Gasteiger partial charge in [0.05, 0.1) is 5.56 Å². The molecule has 23 heavy (non-hydrogen) atoms. The number of hydrogen-bond acceptors (Lipinski definition) is 3. The third-order valence-electron chi connectivity index (χ3n) is 3.00. The van der Waals surface area contributed by atoms with Gasteiger partial charge >= 0.3 is 6.18 Å². The van der Waals surface area contributed by atoms with Gasteiger partial charge in [0.2, 0.25) is 5.91 Å². The van der Waals surface area contributed by atoms with Crippen LogP contribution >= 0.6 is 0 Å². The van der Waals surface area contributed by atoms with Gasteiger partial charge in [-0.05, 0) is 19.1 Å². The standard InChI is InChI=1S/C15H19F3N2O3/c1-10(14(22)19-9-8-13(21)20(2)3)23-12-7-5-4-6-11(12)15(16,17)18/h4-7,10H,8-9H2,1-3H3,(H,19,22)/t10-/m1/s1. The second kappa shape index (κ2) is 7.85. The maximum atomic E-state index is 12.8. The summed E-state index contributed by atoms with van der Waals surface area (Å²) in [5.74, 6) is -1.16. The predicted octanol–water partition coefficient (Wildman–Crippen LogP) is 2.07. The molecule has 1 rings (SSSR count). The van der Waals surface area contributed by atoms with Crippen LogP contribution in [0.5, 0.6) is 5.75 Å². The first-order valence-corrected chi connectivity index (χ1v) is 6.93. The summed E-state index contributed by atoms with van der Waals surface area (Å²) in [7, 11) is 3.17. The molecule has 0 aromatic heterocycles. The second-order valence-electron chi connectivity index (χ2n) is 5.08. The quantitative estimate of drug-likeness (QED) is 0.868. The van der Waals surface area contributed by atoms with Gasteiger partial charge in [0.1, 0.15) is 5.75 Å². The highest BCUT2D eigenvalue weighted by Crippen LogP contribution is 2.36. The van der Waals surface area contributed by atoms with Gasteiger partial charge < -0.3 is 15.0 Å². The van der Waals surface area contributed by atoms with Crippen molar-refractivity contribution in [1.29, 1.82) is 0 Å². The fourth-order valence-electron chi connectivity index (χ4n) is 1.71. The average molecular weight is 332 g/mol. The lowest BCUT2D eigenvalue weighted by Crippen LogP contribution is -2.38. The van der Waals surface area contributed by atoms with Crippen molar-refractivity contribution < 1.29 is 27.5 Å². The molecular weight excluding hydrogens is 313 g/mol. The number of alkyl halides is 3. The van der Waals surface area contributed by atoms with Gasteiger partial charge in [-0.15, -0.1) is 0 Å². The Balaban J connectivity index is 2.61. The Labute approximate surface area is 132 Å². The maximum Gasteiger partial charge on any atom is 0.419 e. The van der Waals surface area contributed by atoms with E-state index in [2.05, 4.69) is 5.32 Å². The van der Waals surface area contributed by atoms with E-state index in [1.165, 1.54) is 24.0 Å². The summed E-state index contributed by atoms with van der Waals surface area (Å²) in [6.07, 6.45) is -5.58. The minimum atomic E-state index is -4.56. The normalized spacial score (nSPS) is 12.4. The summed E-state index contributed by atoms with van der Waals surface area (Å²) in [5.41, 5.74) is -0.942. The third-order valence-corrected chi connectivity index (χ3v) is 3.00. The highest BCUT2D eigenvalue weighted by Gasteiger charge is 2.34. The summed E-state index contributed by atoms with van der Waals surface area (Å²) >= 11 is 0. The molecule has 1 aromatic carbocycles. The van der Waals surface area contributed by atoms with E-state index in [9.17, 15) is 22.8 Å². The molecule has 8 heteroatoms. The SMILES string of the molecule is C[C@@H](Oc1ccccc1C(F)(F)F)C(=O)NCCC(=O)N(C)C. The van der Waals surface area contributed by atoms with E-state index in [1.807, 2.05) is 0 Å². The van der Waals surface area contributed by atoms with E-state index < -0.39 is 29.5 Å². The molecule has 1 aromatic rings. The van der Waals surface area contributed by atoms with Gasteiger partial charge in [0, 0.05) is 27.1 Å². The van der Waals surface area contributed by atoms with E-state index >= 15 is 0 Å². The molecule has 0 spiro atoms. The van der Waals surface area contributed by atoms with Gasteiger partial charge in [-0.2, -0.15) is 13.2 Å². The zero-order valence-electron chi connectivity index (χ0n) is 13.1. The van der Waals surface area contributed by atoms with Gasteiger partial charge in [-0.25, -0.2) is 0 Å². The molecule has 0 heterocycles. The molecule has 5 nitrogen and oxygen atoms in total. The molecule has 0 saturated heterocycles. The van der Waals surface area contributed by atoms with Crippen LogP contribution in [-0.4, -0.2) is 43.5 Å². The Kier molecular flexibility index (Phi) is 6.41. The van der Waals surface area contributed by atoms with Crippen LogP contribution < -0.4 is 10.1 Å². The lowest BCUT2D eigenvalue weighted by molar-refractivity contribution is -0.140. The molecule has 128 valence electrons. The summed E-state index contributed by atoms with van der Waals surface area (Å²) < 4.78 is 43.6. The van der Waals surface area contributed by atoms with Crippen LogP contribution in [0.3, 0.4) is 0 Å². The fourth-order valence-corrected chi connectivity index (χ4v) is 1.71. The molecule has 0 radical (unpaired) electrons. The first kappa shape index (κ1) is 18.8. The summed E-state index contributed by atoms with van der Waals surface area (Å²) in [6.45, 7) is 1.43. The molecule has 2 amide bonds. The highest BCUT2D eigenvalue weighted by atomic mass is 19.4. The Hall–Kier alpha value is -2.25. The molecule has 0 aliphatic heterocycles. The topological polar surface area (TPSA) is 58.6 Å². The summed E-state index contributed by atoms with van der Waals surface area (Å²) in [4.78, 5) is 24.6. The molecule has 0 saturated carbocycles. The molecule has 0 fully saturated rings. The minimum absolute atomic E-state index is 0.0878. The van der Waals surface area contributed by atoms with Crippen LogP contribution in [-0.2, 0) is 15.8 Å². The largest absolute Gasteiger partial charge is 0.480 e. The number of halogens is 3. The molecule has 0 aliphatic carbocycles. The number of carbonyl (C=O) groups excluding carboxylic acids is 2. The van der Waals surface area contributed by atoms with E-state index in [-0.39, 0.29) is 18.9 Å². The van der Waals surface area contributed by atoms with Gasteiger partial charge in [-0.1, -0.05) is 12.1 Å². The second-order valence-corrected chi connectivity index (χ2v) is 5.08. The maximum absolute atomic E-state index is 12.8. The van der Waals surface area contributed by atoms with E-state index in [4.69, 9.17) is 4.74 Å². The van der Waals surface area contributed by atoms with Crippen molar-refractivity contribution in [1.82, 2.24) is 10.2 Å². The molecule has 0 bridgehead atoms. The molecule has 0 unspecified atom stereocenters. The van der Waals surface area contributed by atoms with Crippen LogP contribution in [0.25, 0.3) is 0 Å². The molecule has 1 N–H and O–H groups in total. The highest BCUT2D eigenvalue weighted by molar-refractivity contribution is 5.82. The Morgan fingerprint density at radius 1 is 1.26 bits per heavy atom. The Morgan fingerprint density at radius 3 is 2.43 bits per heavy atom. The van der Waals surface area contributed by atoms with Crippen molar-refractivity contribution in [3.63, 3.8) is 0 Å². The van der Waals surface area contributed by atoms with Crippen molar-refractivity contribution in [2.24, 2.45) is 0 Å². The van der Waals surface area contributed by atoms with Crippen LogP contribution in [0.1, 0.15) is 18.9 Å². The number of carbonyl (C=O) groups is 2. The average Bonchev–Trinajstić information content (AvgIpc) is 2.46. The van der Waals surface area contributed by atoms with Crippen molar-refractivity contribution in [2.75, 3.05) is 20.6 Å². The van der Waals surface area contributed by atoms with Crippen molar-refractivity contribution in [3.8, 4) is 5.75 Å². The number of benzene rings is 1. The van der Waals surface area contributed by atoms with Crippen molar-refractivity contribution >= 4 is 11.8 Å². The lowest BCUT2D eigenvalue weighted by Gasteiger charge is -2.18. The van der Waals surface area contributed by atoms with Gasteiger partial charge in [0.15, 0.2) is 6.10 Å². The van der Waals surface area contributed by atoms with E-state index in [0.717, 1.165) is 12.1 Å². The lowest BCUT2D eigenvalue weighted by atomic mass is 10.2. The van der Waals surface area contributed by atoms with E-state index in [1.54, 1.807) is 14.1 Å². The number of rotatable bonds is 6. The number of hydrogen-bond donors (Lipinski definition) is 1. The van der Waals surface area contributed by atoms with Crippen molar-refractivity contribution in [2.45, 2.75) is 25.6 Å². The monoisotopic (exact) mass is 332 g/mol. The van der Waals surface area contributed by atoms with Crippen LogP contribution in [0.15, 0.2) is 24.3 Å². The van der Waals surface area contributed by atoms with Crippen LogP contribution in [0, 0.1) is 0 Å². The van der Waals surface area contributed by atoms with Crippen molar-refractivity contribution in [3.05, 3.63) is 29.8 Å². The van der Waals surface area contributed by atoms with Crippen LogP contribution in [0.4, 0.5) is 13.2 Å². The minimum Gasteiger partial charge on any atom is -0.480 e. The molecule has 0 aliphatic rings. The smallest absolute Gasteiger partial charge is 0.419 e. The first-order chi connectivity index (χ1) is 10.6. The van der Waals surface area contributed by atoms with E-state index in [0.29, 0.717) is 0 Å². The number of amides is 2. The number of nitrogens with zero attached hydrogens (tertiary/aromatic N) is 1. The fraction of sp³-hybridized carbons (Fsp3) is 0.467. The predicted molar refractivity (Wildman–Crippen MR) is 77.9 cm³/mol. The molecular formula is C15H19F3N2O3. The Bertz CT molecular complexity index is 559. The number of ether oxygens (including phenoxy) is 1. The Morgan fingerprint density at radius 2 is 1.87 bits per heavy atom. The van der Waals surface area contributed by atoms with Crippen LogP contribution in [0.2, 0.25) is 0 Å². The first-order valence-electron chi connectivity index (χ1n) is 6.93. The van der Waals surface area contributed by atoms with Gasteiger partial charge in [0.25, 0.3) is 5.91 Å². The third kappa shape index (κ3) is 5.80.